The average Bonchev–Trinajstić information content (AvgIpc) is 2.75. The molecule has 16 heavy (non-hydrogen) atoms. The summed E-state index contributed by atoms with van der Waals surface area (Å²) < 4.78 is 6.78. The van der Waals surface area contributed by atoms with Gasteiger partial charge in [-0.1, -0.05) is 6.92 Å². The van der Waals surface area contributed by atoms with Crippen LogP contribution in [0.3, 0.4) is 0 Å². The van der Waals surface area contributed by atoms with Gasteiger partial charge in [0.1, 0.15) is 0 Å². The number of rotatable bonds is 6. The van der Waals surface area contributed by atoms with Crippen molar-refractivity contribution in [3.63, 3.8) is 0 Å². The molecule has 1 aromatic rings. The predicted molar refractivity (Wildman–Crippen MR) is 65.2 cm³/mol. The third-order valence-electron chi connectivity index (χ3n) is 2.36. The molecule has 1 heterocycles. The van der Waals surface area contributed by atoms with Gasteiger partial charge in [-0.2, -0.15) is 11.8 Å². The molecule has 0 spiro atoms. The van der Waals surface area contributed by atoms with Gasteiger partial charge in [0.2, 0.25) is 0 Å². The molecule has 1 rings (SSSR count). The molecule has 0 saturated carbocycles. The van der Waals surface area contributed by atoms with Crippen LogP contribution in [0, 0.1) is 5.92 Å². The van der Waals surface area contributed by atoms with Crippen LogP contribution in [0.4, 0.5) is 0 Å². The van der Waals surface area contributed by atoms with Crippen molar-refractivity contribution in [1.82, 2.24) is 9.55 Å². The first-order valence-corrected chi connectivity index (χ1v) is 6.49. The van der Waals surface area contributed by atoms with E-state index in [9.17, 15) is 4.79 Å². The molecular weight excluding hydrogens is 224 g/mol. The molecule has 1 atom stereocenters. The summed E-state index contributed by atoms with van der Waals surface area (Å²) >= 11 is 1.73. The Balaban J connectivity index is 2.33. The Morgan fingerprint density at radius 2 is 2.44 bits per heavy atom. The second-order valence-electron chi connectivity index (χ2n) is 3.61. The molecule has 0 saturated heterocycles. The number of hydrogen-bond acceptors (Lipinski definition) is 4. The molecule has 0 radical (unpaired) electrons. The number of nitrogens with zero attached hydrogens (tertiary/aromatic N) is 2. The standard InChI is InChI=1S/C11H18N2O2S/c1-4-13-8-12-5-10(13)7-16-6-9(2)11(14)15-3/h5,8-9H,4,6-7H2,1-3H3. The Morgan fingerprint density at radius 1 is 1.69 bits per heavy atom. The topological polar surface area (TPSA) is 44.1 Å². The highest BCUT2D eigenvalue weighted by molar-refractivity contribution is 7.98. The Bertz CT molecular complexity index is 338. The van der Waals surface area contributed by atoms with E-state index in [2.05, 4.69) is 21.2 Å². The van der Waals surface area contributed by atoms with Crippen LogP contribution in [0.2, 0.25) is 0 Å². The van der Waals surface area contributed by atoms with Crippen LogP contribution in [0.25, 0.3) is 0 Å². The molecular formula is C11H18N2O2S. The molecule has 0 N–H and O–H groups in total. The summed E-state index contributed by atoms with van der Waals surface area (Å²) in [5.41, 5.74) is 1.20. The lowest BCUT2D eigenvalue weighted by molar-refractivity contribution is -0.143. The number of aryl methyl sites for hydroxylation is 1. The van der Waals surface area contributed by atoms with Crippen LogP contribution in [-0.2, 0) is 21.8 Å². The highest BCUT2D eigenvalue weighted by atomic mass is 32.2. The maximum absolute atomic E-state index is 11.2. The van der Waals surface area contributed by atoms with Gasteiger partial charge in [-0.25, -0.2) is 4.98 Å². The minimum Gasteiger partial charge on any atom is -0.469 e. The molecule has 0 bridgehead atoms. The highest BCUT2D eigenvalue weighted by Gasteiger charge is 2.13. The van der Waals surface area contributed by atoms with E-state index in [0.29, 0.717) is 0 Å². The molecule has 90 valence electrons. The quantitative estimate of drug-likeness (QED) is 0.715. The van der Waals surface area contributed by atoms with Crippen molar-refractivity contribution in [1.29, 1.82) is 0 Å². The molecule has 1 unspecified atom stereocenters. The first-order chi connectivity index (χ1) is 7.69. The van der Waals surface area contributed by atoms with E-state index in [1.54, 1.807) is 11.8 Å². The van der Waals surface area contributed by atoms with Crippen molar-refractivity contribution in [2.45, 2.75) is 26.1 Å². The van der Waals surface area contributed by atoms with Gasteiger partial charge in [0.15, 0.2) is 0 Å². The molecule has 1 aromatic heterocycles. The van der Waals surface area contributed by atoms with Crippen molar-refractivity contribution < 1.29 is 9.53 Å². The Labute approximate surface area is 100 Å². The Hall–Kier alpha value is -0.970. The monoisotopic (exact) mass is 242 g/mol. The zero-order chi connectivity index (χ0) is 12.0. The van der Waals surface area contributed by atoms with Gasteiger partial charge in [-0.3, -0.25) is 4.79 Å². The predicted octanol–water partition coefficient (Wildman–Crippen LogP) is 1.95. The van der Waals surface area contributed by atoms with E-state index >= 15 is 0 Å². The van der Waals surface area contributed by atoms with Crippen LogP contribution >= 0.6 is 11.8 Å². The van der Waals surface area contributed by atoms with E-state index < -0.39 is 0 Å². The van der Waals surface area contributed by atoms with Crippen LogP contribution < -0.4 is 0 Å². The Morgan fingerprint density at radius 3 is 3.06 bits per heavy atom. The molecule has 0 aliphatic carbocycles. The van der Waals surface area contributed by atoms with Crippen LogP contribution in [0.5, 0.6) is 0 Å². The number of methoxy groups -OCH3 is 1. The second-order valence-corrected chi connectivity index (χ2v) is 4.64. The summed E-state index contributed by atoms with van der Waals surface area (Å²) in [6, 6.07) is 0. The zero-order valence-electron chi connectivity index (χ0n) is 9.97. The molecule has 4 nitrogen and oxygen atoms in total. The minimum absolute atomic E-state index is 0.0482. The van der Waals surface area contributed by atoms with Crippen molar-refractivity contribution in [3.05, 3.63) is 18.2 Å². The van der Waals surface area contributed by atoms with Gasteiger partial charge < -0.3 is 9.30 Å². The van der Waals surface area contributed by atoms with E-state index in [1.165, 1.54) is 12.8 Å². The highest BCUT2D eigenvalue weighted by Crippen LogP contribution is 2.16. The summed E-state index contributed by atoms with van der Waals surface area (Å²) in [5.74, 6) is 1.47. The number of hydrogen-bond donors (Lipinski definition) is 0. The van der Waals surface area contributed by atoms with Gasteiger partial charge in [-0.05, 0) is 6.92 Å². The summed E-state index contributed by atoms with van der Waals surface area (Å²) in [6.07, 6.45) is 3.71. The largest absolute Gasteiger partial charge is 0.469 e. The fraction of sp³-hybridized carbons (Fsp3) is 0.636. The van der Waals surface area contributed by atoms with Crippen molar-refractivity contribution in [2.24, 2.45) is 5.92 Å². The maximum atomic E-state index is 11.2. The third kappa shape index (κ3) is 3.56. The van der Waals surface area contributed by atoms with Crippen LogP contribution in [-0.4, -0.2) is 28.4 Å². The number of thioether (sulfide) groups is 1. The van der Waals surface area contributed by atoms with Gasteiger partial charge in [0.05, 0.1) is 19.4 Å². The number of esters is 1. The van der Waals surface area contributed by atoms with Crippen LogP contribution in [0.15, 0.2) is 12.5 Å². The number of carbonyl (C=O) groups excluding carboxylic acids is 1. The van der Waals surface area contributed by atoms with E-state index in [0.717, 1.165) is 18.1 Å². The van der Waals surface area contributed by atoms with E-state index in [-0.39, 0.29) is 11.9 Å². The summed E-state index contributed by atoms with van der Waals surface area (Å²) in [5, 5.41) is 0. The van der Waals surface area contributed by atoms with E-state index in [4.69, 9.17) is 0 Å². The lowest BCUT2D eigenvalue weighted by Crippen LogP contribution is -2.15. The summed E-state index contributed by atoms with van der Waals surface area (Å²) in [6.45, 7) is 4.91. The SMILES string of the molecule is CCn1cncc1CSCC(C)C(=O)OC. The molecule has 5 heteroatoms. The zero-order valence-corrected chi connectivity index (χ0v) is 10.8. The summed E-state index contributed by atoms with van der Waals surface area (Å²) in [7, 11) is 1.43. The lowest BCUT2D eigenvalue weighted by atomic mass is 10.2. The first kappa shape index (κ1) is 13.1. The van der Waals surface area contributed by atoms with Gasteiger partial charge in [-0.15, -0.1) is 0 Å². The van der Waals surface area contributed by atoms with E-state index in [1.807, 2.05) is 19.4 Å². The lowest BCUT2D eigenvalue weighted by Gasteiger charge is -2.09. The van der Waals surface area contributed by atoms with Gasteiger partial charge in [0, 0.05) is 29.9 Å². The fourth-order valence-electron chi connectivity index (χ4n) is 1.36. The maximum Gasteiger partial charge on any atom is 0.309 e. The second kappa shape index (κ2) is 6.58. The average molecular weight is 242 g/mol. The number of aromatic nitrogens is 2. The molecule has 0 fully saturated rings. The fourth-order valence-corrected chi connectivity index (χ4v) is 2.42. The van der Waals surface area contributed by atoms with Crippen molar-refractivity contribution >= 4 is 17.7 Å². The first-order valence-electron chi connectivity index (χ1n) is 5.33. The van der Waals surface area contributed by atoms with Crippen molar-refractivity contribution in [3.8, 4) is 0 Å². The third-order valence-corrected chi connectivity index (χ3v) is 3.60. The normalized spacial score (nSPS) is 12.4. The molecule has 0 amide bonds. The molecule has 0 aromatic carbocycles. The van der Waals surface area contributed by atoms with Gasteiger partial charge in [0.25, 0.3) is 0 Å². The summed E-state index contributed by atoms with van der Waals surface area (Å²) in [4.78, 5) is 15.3. The number of ether oxygens (including phenoxy) is 1. The molecule has 0 aliphatic rings. The van der Waals surface area contributed by atoms with Crippen molar-refractivity contribution in [2.75, 3.05) is 12.9 Å². The van der Waals surface area contributed by atoms with Crippen LogP contribution in [0.1, 0.15) is 19.5 Å². The minimum atomic E-state index is -0.142. The number of imidazole rings is 1. The Kier molecular flexibility index (Phi) is 5.38. The molecule has 0 aliphatic heterocycles. The number of carbonyl (C=O) groups is 1. The van der Waals surface area contributed by atoms with Gasteiger partial charge >= 0.3 is 5.97 Å². The smallest absolute Gasteiger partial charge is 0.309 e.